The predicted molar refractivity (Wildman–Crippen MR) is 124 cm³/mol. The monoisotopic (exact) mass is 479 g/mol. The number of carbonyl (C=O) groups is 1. The van der Waals surface area contributed by atoms with Crippen LogP contribution >= 0.6 is 27.3 Å². The summed E-state index contributed by atoms with van der Waals surface area (Å²) in [6.07, 6.45) is 3.30. The van der Waals surface area contributed by atoms with Gasteiger partial charge >= 0.3 is 0 Å². The third-order valence-electron chi connectivity index (χ3n) is 4.29. The molecule has 0 aliphatic rings. The Hall–Kier alpha value is -3.16. The number of halogens is 1. The van der Waals surface area contributed by atoms with Crippen LogP contribution in [0, 0.1) is 0 Å². The van der Waals surface area contributed by atoms with Crippen molar-refractivity contribution in [1.82, 2.24) is 4.57 Å². The van der Waals surface area contributed by atoms with Crippen LogP contribution in [0.2, 0.25) is 0 Å². The van der Waals surface area contributed by atoms with Gasteiger partial charge in [0.2, 0.25) is 0 Å². The van der Waals surface area contributed by atoms with Crippen molar-refractivity contribution in [1.29, 1.82) is 0 Å². The topological polar surface area (TPSA) is 59.5 Å². The Morgan fingerprint density at radius 3 is 2.57 bits per heavy atom. The lowest BCUT2D eigenvalue weighted by Crippen LogP contribution is -2.15. The normalized spacial score (nSPS) is 11.4. The minimum Gasteiger partial charge on any atom is -0.459 e. The second kappa shape index (κ2) is 9.11. The van der Waals surface area contributed by atoms with Crippen molar-refractivity contribution in [3.8, 4) is 11.3 Å². The zero-order valence-electron chi connectivity index (χ0n) is 15.9. The van der Waals surface area contributed by atoms with E-state index in [0.717, 1.165) is 26.2 Å². The second-order valence-corrected chi connectivity index (χ2v) is 8.24. The first-order chi connectivity index (χ1) is 14.7. The number of hydrogen-bond donors (Lipinski definition) is 1. The summed E-state index contributed by atoms with van der Waals surface area (Å²) in [5.74, 6) is -0.0524. The van der Waals surface area contributed by atoms with E-state index in [2.05, 4.69) is 27.8 Å². The van der Waals surface area contributed by atoms with Gasteiger partial charge < -0.3 is 14.3 Å². The molecular weight excluding hydrogens is 462 g/mol. The maximum Gasteiger partial charge on any atom is 0.292 e. The van der Waals surface area contributed by atoms with E-state index in [1.807, 2.05) is 65.2 Å². The fourth-order valence-corrected chi connectivity index (χ4v) is 4.30. The molecule has 0 saturated carbocycles. The van der Waals surface area contributed by atoms with E-state index in [1.165, 1.54) is 17.6 Å². The third kappa shape index (κ3) is 4.37. The molecule has 2 aromatic heterocycles. The van der Waals surface area contributed by atoms with Gasteiger partial charge in [-0.2, -0.15) is 0 Å². The molecule has 7 heteroatoms. The maximum absolute atomic E-state index is 12.7. The highest BCUT2D eigenvalue weighted by Crippen LogP contribution is 2.32. The van der Waals surface area contributed by atoms with Crippen molar-refractivity contribution < 1.29 is 9.21 Å². The summed E-state index contributed by atoms with van der Waals surface area (Å²) in [6.45, 7) is 4.44. The van der Waals surface area contributed by atoms with Crippen LogP contribution in [-0.2, 0) is 6.54 Å². The van der Waals surface area contributed by atoms with Crippen molar-refractivity contribution >= 4 is 43.9 Å². The molecule has 1 N–H and O–H groups in total. The van der Waals surface area contributed by atoms with Crippen molar-refractivity contribution in [2.24, 2.45) is 4.99 Å². The Morgan fingerprint density at radius 1 is 1.13 bits per heavy atom. The molecule has 0 bridgehead atoms. The summed E-state index contributed by atoms with van der Waals surface area (Å²) >= 11 is 4.86. The van der Waals surface area contributed by atoms with Crippen LogP contribution in [0.15, 0.2) is 99.5 Å². The molecule has 2 heterocycles. The van der Waals surface area contributed by atoms with E-state index in [4.69, 9.17) is 9.41 Å². The van der Waals surface area contributed by atoms with Crippen LogP contribution in [0.1, 0.15) is 10.6 Å². The van der Waals surface area contributed by atoms with Gasteiger partial charge in [-0.15, -0.1) is 6.58 Å². The van der Waals surface area contributed by atoms with Crippen LogP contribution < -0.4 is 10.1 Å². The van der Waals surface area contributed by atoms with Crippen LogP contribution in [0.3, 0.4) is 0 Å². The van der Waals surface area contributed by atoms with E-state index in [1.54, 1.807) is 12.1 Å². The van der Waals surface area contributed by atoms with E-state index < -0.39 is 0 Å². The van der Waals surface area contributed by atoms with Gasteiger partial charge in [0.15, 0.2) is 10.6 Å². The van der Waals surface area contributed by atoms with E-state index in [9.17, 15) is 4.79 Å². The lowest BCUT2D eigenvalue weighted by atomic mass is 10.1. The number of nitrogens with zero attached hydrogens (tertiary/aromatic N) is 2. The van der Waals surface area contributed by atoms with Gasteiger partial charge in [0.05, 0.1) is 17.6 Å². The number of furan rings is 1. The minimum atomic E-state index is -0.306. The maximum atomic E-state index is 12.7. The lowest BCUT2D eigenvalue weighted by molar-refractivity contribution is 0.0997. The molecule has 0 saturated heterocycles. The average Bonchev–Trinajstić information content (AvgIpc) is 3.40. The Morgan fingerprint density at radius 2 is 1.90 bits per heavy atom. The first-order valence-corrected chi connectivity index (χ1v) is 10.8. The fraction of sp³-hybridized carbons (Fsp3) is 0.0435. The molecule has 0 fully saturated rings. The number of benzene rings is 2. The molecule has 5 nitrogen and oxygen atoms in total. The smallest absolute Gasteiger partial charge is 0.292 e. The predicted octanol–water partition coefficient (Wildman–Crippen LogP) is 6.24. The van der Waals surface area contributed by atoms with Crippen molar-refractivity contribution in [2.45, 2.75) is 6.54 Å². The third-order valence-corrected chi connectivity index (χ3v) is 5.81. The molecule has 0 spiro atoms. The number of thiazole rings is 1. The molecule has 0 atom stereocenters. The zero-order valence-corrected chi connectivity index (χ0v) is 18.3. The zero-order chi connectivity index (χ0) is 20.9. The molecule has 4 rings (SSSR count). The molecule has 150 valence electrons. The van der Waals surface area contributed by atoms with Crippen molar-refractivity contribution in [2.75, 3.05) is 5.32 Å². The molecule has 0 unspecified atom stereocenters. The second-order valence-electron chi connectivity index (χ2n) is 6.35. The molecule has 4 aromatic rings. The SMILES string of the molecule is C=CCn1c(-c2ccccc2)c(NC(=O)c2ccco2)sc1=Nc1ccc(Br)cc1. The fourth-order valence-electron chi connectivity index (χ4n) is 2.96. The Labute approximate surface area is 186 Å². The number of anilines is 1. The first-order valence-electron chi connectivity index (χ1n) is 9.21. The molecule has 2 aromatic carbocycles. The number of carbonyl (C=O) groups excluding carboxylic acids is 1. The summed E-state index contributed by atoms with van der Waals surface area (Å²) in [4.78, 5) is 18.2. The summed E-state index contributed by atoms with van der Waals surface area (Å²) in [5, 5.41) is 3.68. The Balaban J connectivity index is 1.88. The highest BCUT2D eigenvalue weighted by molar-refractivity contribution is 9.10. The summed E-state index contributed by atoms with van der Waals surface area (Å²) in [6, 6.07) is 21.0. The average molecular weight is 480 g/mol. The van der Waals surface area contributed by atoms with Crippen LogP contribution in [0.5, 0.6) is 0 Å². The molecule has 1 amide bonds. The van der Waals surface area contributed by atoms with Crippen LogP contribution in [0.4, 0.5) is 10.7 Å². The molecule has 0 aliphatic heterocycles. The van der Waals surface area contributed by atoms with Gasteiger partial charge in [0.1, 0.15) is 5.00 Å². The lowest BCUT2D eigenvalue weighted by Gasteiger charge is -2.10. The highest BCUT2D eigenvalue weighted by atomic mass is 79.9. The van der Waals surface area contributed by atoms with Crippen LogP contribution in [0.25, 0.3) is 11.3 Å². The Kier molecular flexibility index (Phi) is 6.11. The summed E-state index contributed by atoms with van der Waals surface area (Å²) in [5.41, 5.74) is 2.67. The number of allylic oxidation sites excluding steroid dienone is 1. The molecule has 0 radical (unpaired) electrons. The van der Waals surface area contributed by atoms with Gasteiger partial charge in [-0.1, -0.05) is 63.7 Å². The number of rotatable bonds is 6. The van der Waals surface area contributed by atoms with Crippen molar-refractivity contribution in [3.63, 3.8) is 0 Å². The highest BCUT2D eigenvalue weighted by Gasteiger charge is 2.19. The first kappa shape index (κ1) is 20.1. The van der Waals surface area contributed by atoms with E-state index in [0.29, 0.717) is 11.5 Å². The molecule has 30 heavy (non-hydrogen) atoms. The molecular formula is C23H18BrN3O2S. The Bertz CT molecular complexity index is 1220. The van der Waals surface area contributed by atoms with E-state index >= 15 is 0 Å². The van der Waals surface area contributed by atoms with Crippen LogP contribution in [-0.4, -0.2) is 10.5 Å². The largest absolute Gasteiger partial charge is 0.459 e. The number of aromatic nitrogens is 1. The van der Waals surface area contributed by atoms with Gasteiger partial charge in [0.25, 0.3) is 5.91 Å². The van der Waals surface area contributed by atoms with Gasteiger partial charge in [-0.25, -0.2) is 4.99 Å². The van der Waals surface area contributed by atoms with Gasteiger partial charge in [-0.05, 0) is 36.4 Å². The van der Waals surface area contributed by atoms with Gasteiger partial charge in [0, 0.05) is 16.6 Å². The summed E-state index contributed by atoms with van der Waals surface area (Å²) in [7, 11) is 0. The number of nitrogens with one attached hydrogen (secondary N) is 1. The van der Waals surface area contributed by atoms with E-state index in [-0.39, 0.29) is 11.7 Å². The molecule has 0 aliphatic carbocycles. The van der Waals surface area contributed by atoms with Gasteiger partial charge in [-0.3, -0.25) is 4.79 Å². The summed E-state index contributed by atoms with van der Waals surface area (Å²) < 4.78 is 8.28. The number of hydrogen-bond acceptors (Lipinski definition) is 4. The van der Waals surface area contributed by atoms with Crippen molar-refractivity contribution in [3.05, 3.63) is 101 Å². The quantitative estimate of drug-likeness (QED) is 0.332. The number of amides is 1. The minimum absolute atomic E-state index is 0.254. The standard InChI is InChI=1S/C23H18BrN3O2S/c1-2-14-27-20(16-7-4-3-5-8-16)22(26-21(28)19-9-6-15-29-19)30-23(27)25-18-12-10-17(24)11-13-18/h2-13,15H,1,14H2,(H,26,28).